The van der Waals surface area contributed by atoms with E-state index in [-0.39, 0.29) is 56.3 Å². The van der Waals surface area contributed by atoms with E-state index >= 15 is 0 Å². The summed E-state index contributed by atoms with van der Waals surface area (Å²) in [4.78, 5) is -0.128. The summed E-state index contributed by atoms with van der Waals surface area (Å²) in [7, 11) is -4.41. The van der Waals surface area contributed by atoms with Crippen LogP contribution in [-0.2, 0) is 23.0 Å². The third-order valence-electron chi connectivity index (χ3n) is 3.42. The van der Waals surface area contributed by atoms with Crippen molar-refractivity contribution in [2.45, 2.75) is 44.4 Å². The minimum atomic E-state index is -4.41. The summed E-state index contributed by atoms with van der Waals surface area (Å²) in [6.07, 6.45) is 3.76. The van der Waals surface area contributed by atoms with Gasteiger partial charge in [0.25, 0.3) is 0 Å². The van der Waals surface area contributed by atoms with Crippen LogP contribution in [0.4, 0.5) is 0 Å². The summed E-state index contributed by atoms with van der Waals surface area (Å²) >= 11 is 0. The Hall–Kier alpha value is 0.246. The second-order valence-electron chi connectivity index (χ2n) is 5.09. The van der Waals surface area contributed by atoms with Crippen molar-refractivity contribution < 1.29 is 64.4 Å². The van der Waals surface area contributed by atoms with E-state index in [9.17, 15) is 13.0 Å². The van der Waals surface area contributed by atoms with Crippen molar-refractivity contribution in [3.8, 4) is 0 Å². The maximum atomic E-state index is 11.2. The fourth-order valence-corrected chi connectivity index (χ4v) is 3.07. The van der Waals surface area contributed by atoms with E-state index in [4.69, 9.17) is 0 Å². The second kappa shape index (κ2) is 8.20. The molecule has 0 unspecified atom stereocenters. The van der Waals surface area contributed by atoms with Gasteiger partial charge in [-0.2, -0.15) is 0 Å². The molecule has 0 aliphatic rings. The van der Waals surface area contributed by atoms with Crippen LogP contribution in [-0.4, -0.2) is 13.0 Å². The van der Waals surface area contributed by atoms with Crippen molar-refractivity contribution in [2.24, 2.45) is 0 Å². The van der Waals surface area contributed by atoms with E-state index in [1.807, 2.05) is 19.1 Å². The molecule has 108 valence electrons. The monoisotopic (exact) mass is 330 g/mol. The van der Waals surface area contributed by atoms with Crippen LogP contribution in [0.5, 0.6) is 0 Å². The second-order valence-corrected chi connectivity index (χ2v) is 6.47. The first-order valence-electron chi connectivity index (χ1n) is 6.97. The van der Waals surface area contributed by atoms with Gasteiger partial charge in [-0.05, 0) is 46.9 Å². The Morgan fingerprint density at radius 1 is 1.00 bits per heavy atom. The van der Waals surface area contributed by atoms with Crippen LogP contribution in [0.3, 0.4) is 0 Å². The smallest absolute Gasteiger partial charge is 0.744 e. The number of hydrogen-bond acceptors (Lipinski definition) is 3. The fraction of sp³-hybridized carbons (Fsp3) is 0.375. The molecular weight excluding hydrogens is 311 g/mol. The Kier molecular flexibility index (Phi) is 7.53. The molecule has 0 fully saturated rings. The normalized spacial score (nSPS) is 11.4. The van der Waals surface area contributed by atoms with Gasteiger partial charge in [0.2, 0.25) is 0 Å². The van der Waals surface area contributed by atoms with Crippen molar-refractivity contribution in [3.05, 3.63) is 41.5 Å². The quantitative estimate of drug-likeness (QED) is 0.597. The van der Waals surface area contributed by atoms with Gasteiger partial charge in [0.1, 0.15) is 10.1 Å². The van der Waals surface area contributed by atoms with Crippen molar-refractivity contribution >= 4 is 20.9 Å². The minimum Gasteiger partial charge on any atom is -0.744 e. The third kappa shape index (κ3) is 4.86. The van der Waals surface area contributed by atoms with Gasteiger partial charge in [-0.25, -0.2) is 8.42 Å². The van der Waals surface area contributed by atoms with Crippen molar-refractivity contribution in [3.63, 3.8) is 0 Å². The van der Waals surface area contributed by atoms with Crippen LogP contribution >= 0.6 is 0 Å². The first kappa shape index (κ1) is 19.3. The average molecular weight is 330 g/mol. The number of fused-ring (bicyclic) bond motifs is 1. The topological polar surface area (TPSA) is 57.2 Å². The maximum absolute atomic E-state index is 11.2. The average Bonchev–Trinajstić information content (AvgIpc) is 2.38. The van der Waals surface area contributed by atoms with E-state index in [2.05, 4.69) is 13.0 Å². The summed E-state index contributed by atoms with van der Waals surface area (Å²) < 4.78 is 33.7. The Balaban J connectivity index is 0.00000220. The van der Waals surface area contributed by atoms with E-state index < -0.39 is 10.1 Å². The summed E-state index contributed by atoms with van der Waals surface area (Å²) in [5, 5.41) is 1.88. The van der Waals surface area contributed by atoms with Crippen molar-refractivity contribution in [1.82, 2.24) is 0 Å². The van der Waals surface area contributed by atoms with Crippen molar-refractivity contribution in [1.29, 1.82) is 0 Å². The molecule has 0 bridgehead atoms. The standard InChI is InChI=1S/C16H20O3S.K/c1-3-5-12-7-8-14-11-15(20(17,18)19)10-13(6-4-2)16(14)9-12;/h7-11H,3-6H2,1-2H3,(H,17,18,19);/q;+1/p-1. The molecule has 2 aromatic rings. The predicted octanol–water partition coefficient (Wildman–Crippen LogP) is 0.653. The molecule has 0 aliphatic carbocycles. The molecule has 21 heavy (non-hydrogen) atoms. The summed E-state index contributed by atoms with van der Waals surface area (Å²) in [6.45, 7) is 4.17. The van der Waals surface area contributed by atoms with Gasteiger partial charge in [0.05, 0.1) is 4.90 Å². The van der Waals surface area contributed by atoms with Gasteiger partial charge in [-0.15, -0.1) is 0 Å². The van der Waals surface area contributed by atoms with Gasteiger partial charge in [0.15, 0.2) is 0 Å². The molecule has 0 saturated carbocycles. The molecule has 2 aromatic carbocycles. The summed E-state index contributed by atoms with van der Waals surface area (Å²) in [5.74, 6) is 0. The van der Waals surface area contributed by atoms with Crippen LogP contribution in [0.2, 0.25) is 0 Å². The molecule has 0 heterocycles. The Morgan fingerprint density at radius 2 is 1.67 bits per heavy atom. The Morgan fingerprint density at radius 3 is 2.24 bits per heavy atom. The first-order chi connectivity index (χ1) is 9.45. The Labute approximate surface area is 169 Å². The minimum absolute atomic E-state index is 0. The predicted molar refractivity (Wildman–Crippen MR) is 79.9 cm³/mol. The third-order valence-corrected chi connectivity index (χ3v) is 4.24. The van der Waals surface area contributed by atoms with E-state index in [1.54, 1.807) is 0 Å². The largest absolute Gasteiger partial charge is 1.00 e. The van der Waals surface area contributed by atoms with Crippen molar-refractivity contribution in [2.75, 3.05) is 0 Å². The van der Waals surface area contributed by atoms with E-state index in [0.717, 1.165) is 42.0 Å². The molecule has 2 rings (SSSR count). The number of benzene rings is 2. The van der Waals surface area contributed by atoms with Crippen LogP contribution < -0.4 is 51.4 Å². The van der Waals surface area contributed by atoms with Crippen LogP contribution in [0.25, 0.3) is 10.8 Å². The summed E-state index contributed by atoms with van der Waals surface area (Å²) in [6, 6.07) is 9.04. The molecule has 0 aromatic heterocycles. The van der Waals surface area contributed by atoms with Crippen LogP contribution in [0.1, 0.15) is 37.8 Å². The van der Waals surface area contributed by atoms with Gasteiger partial charge < -0.3 is 4.55 Å². The van der Waals surface area contributed by atoms with E-state index in [0.29, 0.717) is 0 Å². The fourth-order valence-electron chi connectivity index (χ4n) is 2.52. The van der Waals surface area contributed by atoms with Crippen LogP contribution in [0.15, 0.2) is 35.2 Å². The SMILES string of the molecule is CCCc1ccc2cc(S(=O)(=O)[O-])cc(CCC)c2c1.[K+]. The molecule has 0 saturated heterocycles. The number of aryl methyl sites for hydroxylation is 2. The zero-order valence-electron chi connectivity index (χ0n) is 12.8. The van der Waals surface area contributed by atoms with Gasteiger partial charge in [-0.3, -0.25) is 0 Å². The zero-order valence-corrected chi connectivity index (χ0v) is 16.8. The van der Waals surface area contributed by atoms with Gasteiger partial charge >= 0.3 is 51.4 Å². The molecular formula is C16H19KO3S. The van der Waals surface area contributed by atoms with Crippen LogP contribution in [0, 0.1) is 0 Å². The maximum Gasteiger partial charge on any atom is 1.00 e. The molecule has 0 N–H and O–H groups in total. The number of hydrogen-bond donors (Lipinski definition) is 0. The molecule has 3 nitrogen and oxygen atoms in total. The van der Waals surface area contributed by atoms with Gasteiger partial charge in [-0.1, -0.05) is 44.9 Å². The first-order valence-corrected chi connectivity index (χ1v) is 8.38. The summed E-state index contributed by atoms with van der Waals surface area (Å²) in [5.41, 5.74) is 2.19. The number of rotatable bonds is 5. The molecule has 0 atom stereocenters. The molecule has 0 radical (unpaired) electrons. The molecule has 0 aliphatic heterocycles. The molecule has 0 spiro atoms. The Bertz CT molecular complexity index is 724. The molecule has 5 heteroatoms. The van der Waals surface area contributed by atoms with Gasteiger partial charge in [0, 0.05) is 0 Å². The molecule has 0 amide bonds. The zero-order chi connectivity index (χ0) is 14.8. The van der Waals surface area contributed by atoms with E-state index in [1.165, 1.54) is 17.7 Å².